The molecule has 0 atom stereocenters. The van der Waals surface area contributed by atoms with E-state index in [1.54, 1.807) is 0 Å². The average Bonchev–Trinajstić information content (AvgIpc) is 2.29. The molecular weight excluding hydrogens is 176 g/mol. The van der Waals surface area contributed by atoms with Gasteiger partial charge in [-0.05, 0) is 18.8 Å². The standard InChI is InChI=1S/C11H22N2O/c1-2-4-11(5-3-1)10-12-13-6-8-14-9-7-13/h11-12H,1-10H2. The molecule has 1 N–H and O–H groups in total. The molecule has 0 amide bonds. The average molecular weight is 198 g/mol. The maximum atomic E-state index is 5.31. The Morgan fingerprint density at radius 3 is 2.50 bits per heavy atom. The van der Waals surface area contributed by atoms with Crippen LogP contribution in [0.3, 0.4) is 0 Å². The number of morpholine rings is 1. The van der Waals surface area contributed by atoms with Gasteiger partial charge in [0, 0.05) is 19.6 Å². The molecule has 2 aliphatic rings. The minimum absolute atomic E-state index is 0.887. The Kier molecular flexibility index (Phi) is 4.22. The van der Waals surface area contributed by atoms with Crippen molar-refractivity contribution < 1.29 is 4.74 Å². The fourth-order valence-corrected chi connectivity index (χ4v) is 2.37. The van der Waals surface area contributed by atoms with Gasteiger partial charge in [0.2, 0.25) is 0 Å². The van der Waals surface area contributed by atoms with Crippen LogP contribution in [0.4, 0.5) is 0 Å². The van der Waals surface area contributed by atoms with Crippen LogP contribution in [0.15, 0.2) is 0 Å². The van der Waals surface area contributed by atoms with Crippen molar-refractivity contribution in [3.8, 4) is 0 Å². The van der Waals surface area contributed by atoms with Crippen LogP contribution in [0, 0.1) is 5.92 Å². The first-order valence-corrected chi connectivity index (χ1v) is 6.01. The van der Waals surface area contributed by atoms with Gasteiger partial charge in [-0.25, -0.2) is 5.01 Å². The van der Waals surface area contributed by atoms with E-state index in [1.165, 1.54) is 38.6 Å². The zero-order valence-electron chi connectivity index (χ0n) is 9.00. The van der Waals surface area contributed by atoms with Gasteiger partial charge in [0.25, 0.3) is 0 Å². The molecule has 1 aliphatic carbocycles. The summed E-state index contributed by atoms with van der Waals surface area (Å²) < 4.78 is 5.31. The highest BCUT2D eigenvalue weighted by molar-refractivity contribution is 4.68. The van der Waals surface area contributed by atoms with Crippen molar-refractivity contribution in [2.45, 2.75) is 32.1 Å². The predicted molar refractivity (Wildman–Crippen MR) is 57.0 cm³/mol. The Morgan fingerprint density at radius 2 is 1.79 bits per heavy atom. The zero-order valence-corrected chi connectivity index (χ0v) is 9.00. The Bertz CT molecular complexity index is 133. The molecule has 2 fully saturated rings. The second kappa shape index (κ2) is 5.69. The van der Waals surface area contributed by atoms with Gasteiger partial charge in [0.15, 0.2) is 0 Å². The maximum Gasteiger partial charge on any atom is 0.0608 e. The minimum Gasteiger partial charge on any atom is -0.379 e. The van der Waals surface area contributed by atoms with Crippen molar-refractivity contribution in [2.24, 2.45) is 5.92 Å². The molecule has 3 heteroatoms. The van der Waals surface area contributed by atoms with E-state index in [9.17, 15) is 0 Å². The van der Waals surface area contributed by atoms with Crippen LogP contribution in [-0.4, -0.2) is 37.9 Å². The monoisotopic (exact) mass is 198 g/mol. The molecule has 1 heterocycles. The van der Waals surface area contributed by atoms with E-state index in [0.29, 0.717) is 0 Å². The molecule has 1 saturated heterocycles. The number of hydrazine groups is 1. The van der Waals surface area contributed by atoms with Gasteiger partial charge in [-0.3, -0.25) is 5.43 Å². The van der Waals surface area contributed by atoms with E-state index in [4.69, 9.17) is 4.74 Å². The quantitative estimate of drug-likeness (QED) is 0.742. The molecule has 0 spiro atoms. The number of nitrogens with one attached hydrogen (secondary N) is 1. The predicted octanol–water partition coefficient (Wildman–Crippen LogP) is 1.40. The summed E-state index contributed by atoms with van der Waals surface area (Å²) in [5.74, 6) is 0.923. The molecule has 0 aromatic carbocycles. The van der Waals surface area contributed by atoms with E-state index in [-0.39, 0.29) is 0 Å². The third-order valence-electron chi connectivity index (χ3n) is 3.34. The summed E-state index contributed by atoms with van der Waals surface area (Å²) in [6.45, 7) is 5.05. The summed E-state index contributed by atoms with van der Waals surface area (Å²) in [7, 11) is 0. The van der Waals surface area contributed by atoms with Crippen molar-refractivity contribution in [3.63, 3.8) is 0 Å². The van der Waals surface area contributed by atoms with Crippen LogP contribution in [0.25, 0.3) is 0 Å². The second-order valence-electron chi connectivity index (χ2n) is 4.47. The first kappa shape index (κ1) is 10.4. The van der Waals surface area contributed by atoms with E-state index in [2.05, 4.69) is 10.4 Å². The van der Waals surface area contributed by atoms with E-state index >= 15 is 0 Å². The number of rotatable bonds is 3. The van der Waals surface area contributed by atoms with Crippen LogP contribution in [0.1, 0.15) is 32.1 Å². The molecule has 1 aliphatic heterocycles. The third kappa shape index (κ3) is 3.23. The van der Waals surface area contributed by atoms with Gasteiger partial charge >= 0.3 is 0 Å². The summed E-state index contributed by atoms with van der Waals surface area (Å²) in [6, 6.07) is 0. The van der Waals surface area contributed by atoms with Crippen molar-refractivity contribution in [1.82, 2.24) is 10.4 Å². The molecule has 0 unspecified atom stereocenters. The van der Waals surface area contributed by atoms with Crippen LogP contribution < -0.4 is 5.43 Å². The van der Waals surface area contributed by atoms with Gasteiger partial charge in [-0.15, -0.1) is 0 Å². The molecular formula is C11H22N2O. The lowest BCUT2D eigenvalue weighted by molar-refractivity contribution is 0.00830. The Labute approximate surface area is 86.8 Å². The molecule has 3 nitrogen and oxygen atoms in total. The van der Waals surface area contributed by atoms with Crippen molar-refractivity contribution in [3.05, 3.63) is 0 Å². The van der Waals surface area contributed by atoms with Gasteiger partial charge < -0.3 is 4.74 Å². The van der Waals surface area contributed by atoms with Crippen molar-refractivity contribution in [1.29, 1.82) is 0 Å². The largest absolute Gasteiger partial charge is 0.379 e. The van der Waals surface area contributed by atoms with Crippen molar-refractivity contribution in [2.75, 3.05) is 32.8 Å². The molecule has 82 valence electrons. The first-order chi connectivity index (χ1) is 6.95. The molecule has 1 saturated carbocycles. The third-order valence-corrected chi connectivity index (χ3v) is 3.34. The summed E-state index contributed by atoms with van der Waals surface area (Å²) in [5.41, 5.74) is 3.54. The molecule has 2 rings (SSSR count). The number of nitrogens with zero attached hydrogens (tertiary/aromatic N) is 1. The molecule has 0 bridgehead atoms. The van der Waals surface area contributed by atoms with Crippen LogP contribution in [0.5, 0.6) is 0 Å². The molecule has 0 radical (unpaired) electrons. The normalized spacial score (nSPS) is 26.6. The Hall–Kier alpha value is -0.120. The number of ether oxygens (including phenoxy) is 1. The van der Waals surface area contributed by atoms with Crippen LogP contribution in [0.2, 0.25) is 0 Å². The topological polar surface area (TPSA) is 24.5 Å². The van der Waals surface area contributed by atoms with E-state index in [1.807, 2.05) is 0 Å². The lowest BCUT2D eigenvalue weighted by Crippen LogP contribution is -2.47. The summed E-state index contributed by atoms with van der Waals surface area (Å²) in [4.78, 5) is 0. The lowest BCUT2D eigenvalue weighted by atomic mass is 9.89. The van der Waals surface area contributed by atoms with E-state index < -0.39 is 0 Å². The second-order valence-corrected chi connectivity index (χ2v) is 4.47. The van der Waals surface area contributed by atoms with Gasteiger partial charge in [0.05, 0.1) is 13.2 Å². The lowest BCUT2D eigenvalue weighted by Gasteiger charge is -2.30. The highest BCUT2D eigenvalue weighted by atomic mass is 16.5. The Balaban J connectivity index is 1.60. The zero-order chi connectivity index (χ0) is 9.64. The van der Waals surface area contributed by atoms with Crippen LogP contribution >= 0.6 is 0 Å². The molecule has 0 aromatic heterocycles. The fraction of sp³-hybridized carbons (Fsp3) is 1.00. The maximum absolute atomic E-state index is 5.31. The summed E-state index contributed by atoms with van der Waals surface area (Å²) >= 11 is 0. The van der Waals surface area contributed by atoms with Gasteiger partial charge in [-0.2, -0.15) is 0 Å². The Morgan fingerprint density at radius 1 is 1.07 bits per heavy atom. The first-order valence-electron chi connectivity index (χ1n) is 6.01. The SMILES string of the molecule is C1CCC(CNN2CCOCC2)CC1. The van der Waals surface area contributed by atoms with Gasteiger partial charge in [-0.1, -0.05) is 19.3 Å². The minimum atomic E-state index is 0.887. The summed E-state index contributed by atoms with van der Waals surface area (Å²) in [5, 5.41) is 2.32. The fourth-order valence-electron chi connectivity index (χ4n) is 2.37. The highest BCUT2D eigenvalue weighted by Crippen LogP contribution is 2.22. The molecule has 0 aromatic rings. The van der Waals surface area contributed by atoms with Crippen LogP contribution in [-0.2, 0) is 4.74 Å². The molecule has 14 heavy (non-hydrogen) atoms. The van der Waals surface area contributed by atoms with Gasteiger partial charge in [0.1, 0.15) is 0 Å². The van der Waals surface area contributed by atoms with Crippen molar-refractivity contribution >= 4 is 0 Å². The highest BCUT2D eigenvalue weighted by Gasteiger charge is 2.15. The summed E-state index contributed by atoms with van der Waals surface area (Å²) in [6.07, 6.45) is 7.19. The number of hydrogen-bond acceptors (Lipinski definition) is 3. The number of hydrogen-bond donors (Lipinski definition) is 1. The van der Waals surface area contributed by atoms with E-state index in [0.717, 1.165) is 32.2 Å². The smallest absolute Gasteiger partial charge is 0.0608 e.